The molecule has 1 atom stereocenters. The number of nitrogens with zero attached hydrogens (tertiary/aromatic N) is 5. The van der Waals surface area contributed by atoms with Gasteiger partial charge in [-0.2, -0.15) is 10.2 Å². The molecule has 146 valence electrons. The number of rotatable bonds is 5. The Balaban J connectivity index is 1.34. The van der Waals surface area contributed by atoms with E-state index in [0.717, 1.165) is 56.5 Å². The quantitative estimate of drug-likeness (QED) is 0.862. The first-order valence-corrected chi connectivity index (χ1v) is 10.4. The van der Waals surface area contributed by atoms with Crippen LogP contribution in [-0.2, 0) is 6.54 Å². The van der Waals surface area contributed by atoms with Gasteiger partial charge in [-0.15, -0.1) is 0 Å². The molecule has 1 N–H and O–H groups in total. The summed E-state index contributed by atoms with van der Waals surface area (Å²) < 4.78 is 0. The summed E-state index contributed by atoms with van der Waals surface area (Å²) in [5.41, 5.74) is 1.92. The minimum absolute atomic E-state index is 0.360. The number of benzene rings is 1. The van der Waals surface area contributed by atoms with Crippen molar-refractivity contribution in [3.8, 4) is 6.07 Å². The Morgan fingerprint density at radius 2 is 1.96 bits per heavy atom. The van der Waals surface area contributed by atoms with Crippen LogP contribution in [0, 0.1) is 11.3 Å². The van der Waals surface area contributed by atoms with Gasteiger partial charge < -0.3 is 10.2 Å². The molecular weight excluding hydrogens is 348 g/mol. The zero-order valence-corrected chi connectivity index (χ0v) is 16.3. The second kappa shape index (κ2) is 9.03. The SMILES string of the molecule is N#Cc1cccc(CN2CCC(Nc3nccc(N4CCCCCC4)n3)C2)c1. The van der Waals surface area contributed by atoms with Gasteiger partial charge in [0, 0.05) is 45.0 Å². The highest BCUT2D eigenvalue weighted by molar-refractivity contribution is 5.43. The molecule has 2 aromatic rings. The minimum Gasteiger partial charge on any atom is -0.356 e. The molecule has 0 radical (unpaired) electrons. The number of nitrogens with one attached hydrogen (secondary N) is 1. The van der Waals surface area contributed by atoms with Gasteiger partial charge in [0.2, 0.25) is 5.95 Å². The Hall–Kier alpha value is -2.65. The molecule has 0 spiro atoms. The summed E-state index contributed by atoms with van der Waals surface area (Å²) in [6, 6.07) is 12.5. The van der Waals surface area contributed by atoms with Gasteiger partial charge in [0.25, 0.3) is 0 Å². The van der Waals surface area contributed by atoms with E-state index < -0.39 is 0 Å². The summed E-state index contributed by atoms with van der Waals surface area (Å²) in [5.74, 6) is 1.78. The van der Waals surface area contributed by atoms with Crippen LogP contribution in [0.5, 0.6) is 0 Å². The van der Waals surface area contributed by atoms with Gasteiger partial charge in [-0.25, -0.2) is 4.98 Å². The topological polar surface area (TPSA) is 68.1 Å². The molecule has 6 heteroatoms. The van der Waals surface area contributed by atoms with Crippen LogP contribution in [0.25, 0.3) is 0 Å². The standard InChI is InChI=1S/C22H28N6/c23-15-18-6-5-7-19(14-18)16-27-13-9-20(17-27)25-22-24-10-8-21(26-22)28-11-3-1-2-4-12-28/h5-8,10,14,20H,1-4,9,11-13,16-17H2,(H,24,25,26). The van der Waals surface area contributed by atoms with Crippen LogP contribution < -0.4 is 10.2 Å². The highest BCUT2D eigenvalue weighted by atomic mass is 15.3. The molecule has 0 aliphatic carbocycles. The van der Waals surface area contributed by atoms with Crippen molar-refractivity contribution in [2.75, 3.05) is 36.4 Å². The van der Waals surface area contributed by atoms with Gasteiger partial charge in [-0.3, -0.25) is 4.90 Å². The van der Waals surface area contributed by atoms with Crippen LogP contribution in [0.4, 0.5) is 11.8 Å². The molecule has 0 bridgehead atoms. The Labute approximate surface area is 167 Å². The van der Waals surface area contributed by atoms with Crippen molar-refractivity contribution in [2.24, 2.45) is 0 Å². The zero-order chi connectivity index (χ0) is 19.2. The predicted octanol–water partition coefficient (Wildman–Crippen LogP) is 3.42. The molecule has 6 nitrogen and oxygen atoms in total. The van der Waals surface area contributed by atoms with Crippen LogP contribution in [-0.4, -0.2) is 47.1 Å². The van der Waals surface area contributed by atoms with Crippen LogP contribution in [0.2, 0.25) is 0 Å². The summed E-state index contributed by atoms with van der Waals surface area (Å²) in [7, 11) is 0. The van der Waals surface area contributed by atoms with E-state index in [0.29, 0.717) is 6.04 Å². The fraction of sp³-hybridized carbons (Fsp3) is 0.500. The lowest BCUT2D eigenvalue weighted by Crippen LogP contribution is -2.28. The molecule has 1 aromatic carbocycles. The molecule has 0 saturated carbocycles. The second-order valence-corrected chi connectivity index (χ2v) is 7.82. The fourth-order valence-corrected chi connectivity index (χ4v) is 4.17. The lowest BCUT2D eigenvalue weighted by Gasteiger charge is -2.22. The van der Waals surface area contributed by atoms with Gasteiger partial charge in [-0.1, -0.05) is 25.0 Å². The van der Waals surface area contributed by atoms with Crippen LogP contribution in [0.15, 0.2) is 36.5 Å². The summed E-state index contributed by atoms with van der Waals surface area (Å²) in [6.45, 7) is 5.07. The van der Waals surface area contributed by atoms with E-state index in [9.17, 15) is 0 Å². The summed E-state index contributed by atoms with van der Waals surface area (Å²) >= 11 is 0. The third kappa shape index (κ3) is 4.79. The van der Waals surface area contributed by atoms with E-state index >= 15 is 0 Å². The van der Waals surface area contributed by atoms with E-state index in [4.69, 9.17) is 10.2 Å². The highest BCUT2D eigenvalue weighted by Gasteiger charge is 2.23. The van der Waals surface area contributed by atoms with E-state index in [2.05, 4.69) is 32.2 Å². The van der Waals surface area contributed by atoms with Crippen molar-refractivity contribution >= 4 is 11.8 Å². The summed E-state index contributed by atoms with van der Waals surface area (Å²) in [6.07, 6.45) is 8.09. The van der Waals surface area contributed by atoms with Crippen molar-refractivity contribution in [3.63, 3.8) is 0 Å². The Kier molecular flexibility index (Phi) is 6.03. The molecule has 3 heterocycles. The van der Waals surface area contributed by atoms with Gasteiger partial charge in [0.15, 0.2) is 0 Å². The Morgan fingerprint density at radius 3 is 2.79 bits per heavy atom. The number of anilines is 2. The maximum absolute atomic E-state index is 9.07. The monoisotopic (exact) mass is 376 g/mol. The molecule has 2 saturated heterocycles. The highest BCUT2D eigenvalue weighted by Crippen LogP contribution is 2.20. The first kappa shape index (κ1) is 18.7. The Bertz CT molecular complexity index is 822. The summed E-state index contributed by atoms with van der Waals surface area (Å²) in [5, 5.41) is 12.6. The normalized spacial score (nSPS) is 20.5. The van der Waals surface area contributed by atoms with E-state index in [1.165, 1.54) is 31.2 Å². The van der Waals surface area contributed by atoms with Crippen molar-refractivity contribution in [3.05, 3.63) is 47.7 Å². The molecule has 4 rings (SSSR count). The molecular formula is C22H28N6. The minimum atomic E-state index is 0.360. The van der Waals surface area contributed by atoms with E-state index in [1.54, 1.807) is 0 Å². The van der Waals surface area contributed by atoms with Crippen LogP contribution in [0.1, 0.15) is 43.2 Å². The summed E-state index contributed by atoms with van der Waals surface area (Å²) in [4.78, 5) is 14.0. The maximum Gasteiger partial charge on any atom is 0.224 e. The van der Waals surface area contributed by atoms with E-state index in [1.807, 2.05) is 30.5 Å². The molecule has 1 aromatic heterocycles. The van der Waals surface area contributed by atoms with Crippen LogP contribution in [0.3, 0.4) is 0 Å². The Morgan fingerprint density at radius 1 is 1.11 bits per heavy atom. The third-order valence-corrected chi connectivity index (χ3v) is 5.64. The first-order valence-electron chi connectivity index (χ1n) is 10.4. The number of hydrogen-bond acceptors (Lipinski definition) is 6. The van der Waals surface area contributed by atoms with Crippen molar-refractivity contribution in [2.45, 2.75) is 44.7 Å². The van der Waals surface area contributed by atoms with Crippen molar-refractivity contribution < 1.29 is 0 Å². The molecule has 2 aliphatic heterocycles. The number of nitriles is 1. The lowest BCUT2D eigenvalue weighted by molar-refractivity contribution is 0.328. The van der Waals surface area contributed by atoms with Crippen molar-refractivity contribution in [1.82, 2.24) is 14.9 Å². The fourth-order valence-electron chi connectivity index (χ4n) is 4.17. The average Bonchev–Trinajstić information content (AvgIpc) is 2.98. The smallest absolute Gasteiger partial charge is 0.224 e. The predicted molar refractivity (Wildman–Crippen MR) is 111 cm³/mol. The number of hydrogen-bond donors (Lipinski definition) is 1. The van der Waals surface area contributed by atoms with Crippen LogP contribution >= 0.6 is 0 Å². The van der Waals surface area contributed by atoms with E-state index in [-0.39, 0.29) is 0 Å². The molecule has 28 heavy (non-hydrogen) atoms. The largest absolute Gasteiger partial charge is 0.356 e. The lowest BCUT2D eigenvalue weighted by atomic mass is 10.1. The maximum atomic E-state index is 9.07. The van der Waals surface area contributed by atoms with Gasteiger partial charge in [-0.05, 0) is 43.0 Å². The average molecular weight is 377 g/mol. The number of aromatic nitrogens is 2. The van der Waals surface area contributed by atoms with Gasteiger partial charge >= 0.3 is 0 Å². The van der Waals surface area contributed by atoms with Crippen molar-refractivity contribution in [1.29, 1.82) is 5.26 Å². The number of likely N-dealkylation sites (tertiary alicyclic amines) is 1. The second-order valence-electron chi connectivity index (χ2n) is 7.82. The third-order valence-electron chi connectivity index (χ3n) is 5.64. The van der Waals surface area contributed by atoms with Gasteiger partial charge in [0.1, 0.15) is 5.82 Å². The zero-order valence-electron chi connectivity index (χ0n) is 16.3. The molecule has 2 fully saturated rings. The first-order chi connectivity index (χ1) is 13.8. The van der Waals surface area contributed by atoms with Gasteiger partial charge in [0.05, 0.1) is 11.6 Å². The molecule has 0 amide bonds. The molecule has 2 aliphatic rings. The molecule has 1 unspecified atom stereocenters.